The Morgan fingerprint density at radius 2 is 2.18 bits per heavy atom. The highest BCUT2D eigenvalue weighted by Crippen LogP contribution is 2.25. The fourth-order valence-corrected chi connectivity index (χ4v) is 2.32. The quantitative estimate of drug-likeness (QED) is 0.858. The van der Waals surface area contributed by atoms with Gasteiger partial charge in [-0.25, -0.2) is 4.79 Å². The van der Waals surface area contributed by atoms with Crippen molar-refractivity contribution in [3.63, 3.8) is 0 Å². The monoisotopic (exact) mass is 320 g/mol. The molecule has 0 aliphatic carbocycles. The summed E-state index contributed by atoms with van der Waals surface area (Å²) in [5.41, 5.74) is 3.34. The van der Waals surface area contributed by atoms with E-state index in [1.54, 1.807) is 23.9 Å². The van der Waals surface area contributed by atoms with Gasteiger partial charge in [0.1, 0.15) is 5.75 Å². The zero-order valence-corrected chi connectivity index (χ0v) is 13.4. The van der Waals surface area contributed by atoms with Gasteiger partial charge in [0, 0.05) is 11.6 Å². The van der Waals surface area contributed by atoms with Crippen molar-refractivity contribution in [2.45, 2.75) is 20.4 Å². The average molecular weight is 321 g/mol. The van der Waals surface area contributed by atoms with E-state index in [9.17, 15) is 4.79 Å². The van der Waals surface area contributed by atoms with Crippen LogP contribution in [0.15, 0.2) is 24.3 Å². The summed E-state index contributed by atoms with van der Waals surface area (Å²) in [6.45, 7) is 4.26. The van der Waals surface area contributed by atoms with E-state index in [4.69, 9.17) is 21.4 Å². The van der Waals surface area contributed by atoms with Crippen LogP contribution in [0.4, 0.5) is 0 Å². The molecular formula is C16H17ClN2O3. The number of benzene rings is 1. The van der Waals surface area contributed by atoms with E-state index in [2.05, 4.69) is 5.10 Å². The zero-order chi connectivity index (χ0) is 16.3. The lowest BCUT2D eigenvalue weighted by Crippen LogP contribution is -2.06. The van der Waals surface area contributed by atoms with Gasteiger partial charge in [0.25, 0.3) is 0 Å². The van der Waals surface area contributed by atoms with Gasteiger partial charge in [-0.3, -0.25) is 4.68 Å². The van der Waals surface area contributed by atoms with Crippen LogP contribution >= 0.6 is 11.6 Å². The third kappa shape index (κ3) is 3.49. The van der Waals surface area contributed by atoms with Crippen LogP contribution in [-0.4, -0.2) is 28.0 Å². The second kappa shape index (κ2) is 6.66. The zero-order valence-electron chi connectivity index (χ0n) is 12.6. The van der Waals surface area contributed by atoms with Gasteiger partial charge < -0.3 is 9.84 Å². The molecule has 6 heteroatoms. The number of aliphatic carboxylic acids is 1. The molecule has 0 saturated heterocycles. The SMILES string of the molecule is COc1ccc(/C=C/C(=O)O)cc1Cn1nc(C)c(Cl)c1C. The minimum atomic E-state index is -0.984. The van der Waals surface area contributed by atoms with Crippen LogP contribution in [0.3, 0.4) is 0 Å². The van der Waals surface area contributed by atoms with Crippen molar-refractivity contribution in [3.05, 3.63) is 51.8 Å². The Kier molecular flexibility index (Phi) is 4.88. The van der Waals surface area contributed by atoms with E-state index < -0.39 is 5.97 Å². The molecule has 0 aliphatic heterocycles. The lowest BCUT2D eigenvalue weighted by Gasteiger charge is -2.11. The molecule has 0 unspecified atom stereocenters. The minimum Gasteiger partial charge on any atom is -0.496 e. The maximum Gasteiger partial charge on any atom is 0.328 e. The fourth-order valence-electron chi connectivity index (χ4n) is 2.18. The third-order valence-electron chi connectivity index (χ3n) is 3.34. The molecule has 0 saturated carbocycles. The molecule has 1 N–H and O–H groups in total. The van der Waals surface area contributed by atoms with E-state index in [0.717, 1.165) is 34.3 Å². The number of ether oxygens (including phenoxy) is 1. The molecule has 5 nitrogen and oxygen atoms in total. The summed E-state index contributed by atoms with van der Waals surface area (Å²) in [7, 11) is 1.60. The highest BCUT2D eigenvalue weighted by Gasteiger charge is 2.12. The van der Waals surface area contributed by atoms with Crippen molar-refractivity contribution in [2.24, 2.45) is 0 Å². The van der Waals surface area contributed by atoms with Crippen LogP contribution in [0.25, 0.3) is 6.08 Å². The lowest BCUT2D eigenvalue weighted by atomic mass is 10.1. The molecule has 1 aromatic carbocycles. The number of aryl methyl sites for hydroxylation is 1. The molecule has 0 fully saturated rings. The number of carbonyl (C=O) groups is 1. The first-order chi connectivity index (χ1) is 10.4. The van der Waals surface area contributed by atoms with E-state index in [0.29, 0.717) is 11.6 Å². The average Bonchev–Trinajstić information content (AvgIpc) is 2.72. The van der Waals surface area contributed by atoms with E-state index in [-0.39, 0.29) is 0 Å². The summed E-state index contributed by atoms with van der Waals surface area (Å²) < 4.78 is 7.17. The Bertz CT molecular complexity index is 735. The van der Waals surface area contributed by atoms with Crippen LogP contribution in [0.5, 0.6) is 5.75 Å². The molecule has 0 amide bonds. The third-order valence-corrected chi connectivity index (χ3v) is 3.88. The predicted octanol–water partition coefficient (Wildman–Crippen LogP) is 3.31. The molecule has 2 aromatic rings. The van der Waals surface area contributed by atoms with Gasteiger partial charge in [0.15, 0.2) is 0 Å². The number of hydrogen-bond acceptors (Lipinski definition) is 3. The van der Waals surface area contributed by atoms with E-state index in [1.165, 1.54) is 0 Å². The Morgan fingerprint density at radius 1 is 1.45 bits per heavy atom. The number of carboxylic acids is 1. The van der Waals surface area contributed by atoms with Crippen LogP contribution < -0.4 is 4.74 Å². The maximum absolute atomic E-state index is 10.6. The van der Waals surface area contributed by atoms with Crippen LogP contribution in [0, 0.1) is 13.8 Å². The van der Waals surface area contributed by atoms with Gasteiger partial charge >= 0.3 is 5.97 Å². The summed E-state index contributed by atoms with van der Waals surface area (Å²) in [5, 5.41) is 13.8. The fraction of sp³-hybridized carbons (Fsp3) is 0.250. The molecule has 0 spiro atoms. The number of methoxy groups -OCH3 is 1. The molecule has 1 heterocycles. The van der Waals surface area contributed by atoms with Gasteiger partial charge in [0.05, 0.1) is 30.1 Å². The number of hydrogen-bond donors (Lipinski definition) is 1. The van der Waals surface area contributed by atoms with Crippen LogP contribution in [0.1, 0.15) is 22.5 Å². The largest absolute Gasteiger partial charge is 0.496 e. The molecule has 116 valence electrons. The predicted molar refractivity (Wildman–Crippen MR) is 85.5 cm³/mol. The molecule has 2 rings (SSSR count). The van der Waals surface area contributed by atoms with Gasteiger partial charge in [-0.1, -0.05) is 17.7 Å². The minimum absolute atomic E-state index is 0.497. The highest BCUT2D eigenvalue weighted by atomic mass is 35.5. The van der Waals surface area contributed by atoms with Crippen molar-refractivity contribution < 1.29 is 14.6 Å². The molecule has 0 aliphatic rings. The van der Waals surface area contributed by atoms with Crippen LogP contribution in [-0.2, 0) is 11.3 Å². The second-order valence-corrected chi connectivity index (χ2v) is 5.26. The Morgan fingerprint density at radius 3 is 2.73 bits per heavy atom. The first-order valence-electron chi connectivity index (χ1n) is 6.69. The first-order valence-corrected chi connectivity index (χ1v) is 7.07. The Hall–Kier alpha value is -2.27. The van der Waals surface area contributed by atoms with Gasteiger partial charge in [-0.05, 0) is 37.6 Å². The number of aromatic nitrogens is 2. The number of halogens is 1. The molecule has 0 atom stereocenters. The lowest BCUT2D eigenvalue weighted by molar-refractivity contribution is -0.131. The standard InChI is InChI=1S/C16H17ClN2O3/c1-10-16(17)11(2)19(18-10)9-13-8-12(5-7-15(20)21)4-6-14(13)22-3/h4-8H,9H2,1-3H3,(H,20,21)/b7-5+. The number of carboxylic acid groups (broad SMARTS) is 1. The van der Waals surface area contributed by atoms with Gasteiger partial charge in [-0.15, -0.1) is 0 Å². The van der Waals surface area contributed by atoms with Gasteiger partial charge in [-0.2, -0.15) is 5.10 Å². The number of nitrogens with zero attached hydrogens (tertiary/aromatic N) is 2. The highest BCUT2D eigenvalue weighted by molar-refractivity contribution is 6.31. The Labute approximate surface area is 133 Å². The van der Waals surface area contributed by atoms with Crippen LogP contribution in [0.2, 0.25) is 5.02 Å². The van der Waals surface area contributed by atoms with Crippen molar-refractivity contribution in [1.29, 1.82) is 0 Å². The summed E-state index contributed by atoms with van der Waals surface area (Å²) in [6.07, 6.45) is 2.64. The molecule has 0 bridgehead atoms. The second-order valence-electron chi connectivity index (χ2n) is 4.89. The summed E-state index contributed by atoms with van der Waals surface area (Å²) in [4.78, 5) is 10.6. The van der Waals surface area contributed by atoms with Crippen molar-refractivity contribution in [3.8, 4) is 5.75 Å². The maximum atomic E-state index is 10.6. The molecule has 1 aromatic heterocycles. The van der Waals surface area contributed by atoms with E-state index in [1.807, 2.05) is 26.0 Å². The molecular weight excluding hydrogens is 304 g/mol. The van der Waals surface area contributed by atoms with E-state index >= 15 is 0 Å². The summed E-state index contributed by atoms with van der Waals surface area (Å²) in [5.74, 6) is -0.265. The van der Waals surface area contributed by atoms with Crippen molar-refractivity contribution in [2.75, 3.05) is 7.11 Å². The van der Waals surface area contributed by atoms with Gasteiger partial charge in [0.2, 0.25) is 0 Å². The first kappa shape index (κ1) is 16.1. The Balaban J connectivity index is 2.37. The number of rotatable bonds is 5. The normalized spacial score (nSPS) is 11.1. The molecule has 0 radical (unpaired) electrons. The summed E-state index contributed by atoms with van der Waals surface area (Å²) >= 11 is 6.16. The topological polar surface area (TPSA) is 64.3 Å². The summed E-state index contributed by atoms with van der Waals surface area (Å²) in [6, 6.07) is 5.49. The smallest absolute Gasteiger partial charge is 0.328 e. The van der Waals surface area contributed by atoms with Crippen molar-refractivity contribution >= 4 is 23.6 Å². The van der Waals surface area contributed by atoms with Crippen molar-refractivity contribution in [1.82, 2.24) is 9.78 Å². The molecule has 22 heavy (non-hydrogen) atoms.